The zero-order valence-electron chi connectivity index (χ0n) is 11.9. The Balaban J connectivity index is 0.00000180. The van der Waals surface area contributed by atoms with Crippen molar-refractivity contribution in [1.29, 1.82) is 0 Å². The van der Waals surface area contributed by atoms with Crippen LogP contribution in [0, 0.1) is 3.57 Å². The Morgan fingerprint density at radius 2 is 1.95 bits per heavy atom. The minimum Gasteiger partial charge on any atom is -1.00 e. The second kappa shape index (κ2) is 6.60. The van der Waals surface area contributed by atoms with E-state index >= 15 is 0 Å². The molecule has 1 unspecified atom stereocenters. The lowest BCUT2D eigenvalue weighted by Gasteiger charge is -2.23. The third-order valence-electron chi connectivity index (χ3n) is 3.76. The molecule has 0 N–H and O–H groups in total. The summed E-state index contributed by atoms with van der Waals surface area (Å²) in [5, 5.41) is 0. The standard InChI is InChI=1S/C14H19INO2.HI/c1-8-6-10-7-11(17-4)13(15)14(18-5)12(10)9(2)16(8)3;/h7-8H,6H2,1-5H3;1H/q+1;/p-1. The molecular weight excluding hydrogens is 468 g/mol. The summed E-state index contributed by atoms with van der Waals surface area (Å²) in [5.74, 6) is 1.83. The van der Waals surface area contributed by atoms with Crippen molar-refractivity contribution in [3.63, 3.8) is 0 Å². The van der Waals surface area contributed by atoms with Crippen LogP contribution >= 0.6 is 22.6 Å². The molecule has 0 fully saturated rings. The van der Waals surface area contributed by atoms with Gasteiger partial charge in [0.05, 0.1) is 23.4 Å². The summed E-state index contributed by atoms with van der Waals surface area (Å²) < 4.78 is 14.4. The van der Waals surface area contributed by atoms with Crippen LogP contribution in [0.4, 0.5) is 0 Å². The predicted octanol–water partition coefficient (Wildman–Crippen LogP) is -0.292. The van der Waals surface area contributed by atoms with Crippen LogP contribution in [0.3, 0.4) is 0 Å². The van der Waals surface area contributed by atoms with Crippen LogP contribution in [0.15, 0.2) is 6.07 Å². The smallest absolute Gasteiger partial charge is 0.184 e. The highest BCUT2D eigenvalue weighted by Gasteiger charge is 2.31. The van der Waals surface area contributed by atoms with Crippen LogP contribution in [0.1, 0.15) is 25.0 Å². The van der Waals surface area contributed by atoms with E-state index < -0.39 is 0 Å². The summed E-state index contributed by atoms with van der Waals surface area (Å²) in [6.45, 7) is 4.39. The van der Waals surface area contributed by atoms with Gasteiger partial charge in [0.15, 0.2) is 11.8 Å². The van der Waals surface area contributed by atoms with E-state index in [0.29, 0.717) is 6.04 Å². The highest BCUT2D eigenvalue weighted by Crippen LogP contribution is 2.38. The number of methoxy groups -OCH3 is 2. The Morgan fingerprint density at radius 3 is 2.47 bits per heavy atom. The van der Waals surface area contributed by atoms with Crippen LogP contribution in [0.5, 0.6) is 11.5 Å². The summed E-state index contributed by atoms with van der Waals surface area (Å²) in [7, 11) is 5.57. The zero-order valence-corrected chi connectivity index (χ0v) is 16.2. The zero-order chi connectivity index (χ0) is 13.4. The van der Waals surface area contributed by atoms with E-state index in [-0.39, 0.29) is 24.0 Å². The van der Waals surface area contributed by atoms with Crippen LogP contribution in [-0.2, 0) is 6.42 Å². The molecule has 1 aliphatic rings. The fraction of sp³-hybridized carbons (Fsp3) is 0.500. The van der Waals surface area contributed by atoms with Crippen LogP contribution in [-0.4, -0.2) is 37.6 Å². The molecule has 106 valence electrons. The maximum atomic E-state index is 5.60. The molecule has 1 heterocycles. The van der Waals surface area contributed by atoms with E-state index in [1.807, 2.05) is 0 Å². The van der Waals surface area contributed by atoms with Crippen molar-refractivity contribution in [2.24, 2.45) is 0 Å². The van der Waals surface area contributed by atoms with Gasteiger partial charge in [0, 0.05) is 13.3 Å². The number of rotatable bonds is 2. The van der Waals surface area contributed by atoms with Crippen molar-refractivity contribution in [3.05, 3.63) is 20.8 Å². The number of likely N-dealkylation sites (N-methyl/N-ethyl adjacent to an activating group) is 1. The maximum absolute atomic E-state index is 5.60. The molecule has 0 spiro atoms. The van der Waals surface area contributed by atoms with Gasteiger partial charge >= 0.3 is 0 Å². The van der Waals surface area contributed by atoms with Gasteiger partial charge in [-0.1, -0.05) is 0 Å². The van der Waals surface area contributed by atoms with E-state index in [0.717, 1.165) is 21.5 Å². The second-order valence-electron chi connectivity index (χ2n) is 4.71. The quantitative estimate of drug-likeness (QED) is 0.423. The number of hydrogen-bond acceptors (Lipinski definition) is 2. The molecule has 0 aromatic heterocycles. The first kappa shape index (κ1) is 17.0. The van der Waals surface area contributed by atoms with Crippen molar-refractivity contribution < 1.29 is 38.0 Å². The van der Waals surface area contributed by atoms with E-state index in [1.165, 1.54) is 16.8 Å². The molecule has 2 rings (SSSR count). The van der Waals surface area contributed by atoms with E-state index in [1.54, 1.807) is 14.2 Å². The van der Waals surface area contributed by atoms with Gasteiger partial charge in [-0.25, -0.2) is 4.58 Å². The van der Waals surface area contributed by atoms with Crippen molar-refractivity contribution in [1.82, 2.24) is 0 Å². The Morgan fingerprint density at radius 1 is 1.32 bits per heavy atom. The van der Waals surface area contributed by atoms with Gasteiger partial charge < -0.3 is 33.5 Å². The first-order valence-electron chi connectivity index (χ1n) is 6.01. The molecule has 0 aliphatic carbocycles. The lowest BCUT2D eigenvalue weighted by molar-refractivity contribution is -0.535. The van der Waals surface area contributed by atoms with Crippen molar-refractivity contribution in [2.45, 2.75) is 26.3 Å². The van der Waals surface area contributed by atoms with Gasteiger partial charge in [-0.15, -0.1) is 0 Å². The molecule has 1 atom stereocenters. The number of hydrogen-bond donors (Lipinski definition) is 0. The Hall–Kier alpha value is -0.0500. The molecule has 0 amide bonds. The van der Waals surface area contributed by atoms with Gasteiger partial charge in [-0.3, -0.25) is 0 Å². The van der Waals surface area contributed by atoms with Crippen LogP contribution in [0.2, 0.25) is 0 Å². The predicted molar refractivity (Wildman–Crippen MR) is 81.4 cm³/mol. The summed E-state index contributed by atoms with van der Waals surface area (Å²) in [5.41, 5.74) is 3.80. The molecule has 0 saturated carbocycles. The fourth-order valence-electron chi connectivity index (χ4n) is 2.52. The summed E-state index contributed by atoms with van der Waals surface area (Å²) in [4.78, 5) is 0. The number of ether oxygens (including phenoxy) is 2. The third-order valence-corrected chi connectivity index (χ3v) is 4.78. The second-order valence-corrected chi connectivity index (χ2v) is 5.79. The van der Waals surface area contributed by atoms with E-state index in [4.69, 9.17) is 9.47 Å². The molecule has 19 heavy (non-hydrogen) atoms. The average molecular weight is 487 g/mol. The number of fused-ring (bicyclic) bond motifs is 1. The molecule has 0 radical (unpaired) electrons. The number of benzene rings is 1. The Labute approximate surface area is 145 Å². The van der Waals surface area contributed by atoms with Crippen molar-refractivity contribution >= 4 is 28.3 Å². The van der Waals surface area contributed by atoms with E-state index in [2.05, 4.69) is 54.1 Å². The minimum absolute atomic E-state index is 0. The molecule has 0 bridgehead atoms. The summed E-state index contributed by atoms with van der Waals surface area (Å²) in [6, 6.07) is 2.65. The molecule has 1 aromatic rings. The SMILES string of the molecule is COc1cc2c(c(OC)c1I)C(C)=[N+](C)C(C)C2.[I-]. The largest absolute Gasteiger partial charge is 1.00 e. The summed E-state index contributed by atoms with van der Waals surface area (Å²) >= 11 is 2.29. The molecule has 5 heteroatoms. The monoisotopic (exact) mass is 487 g/mol. The van der Waals surface area contributed by atoms with Crippen LogP contribution < -0.4 is 33.5 Å². The number of nitrogens with zero attached hydrogens (tertiary/aromatic N) is 1. The van der Waals surface area contributed by atoms with Crippen LogP contribution in [0.25, 0.3) is 0 Å². The van der Waals surface area contributed by atoms with Gasteiger partial charge in [0.2, 0.25) is 0 Å². The number of halogens is 2. The highest BCUT2D eigenvalue weighted by atomic mass is 127. The average Bonchev–Trinajstić information content (AvgIpc) is 2.36. The molecular formula is C14H19I2NO2. The Kier molecular flexibility index (Phi) is 5.91. The first-order chi connectivity index (χ1) is 8.51. The lowest BCUT2D eigenvalue weighted by atomic mass is 9.92. The molecule has 0 saturated heterocycles. The highest BCUT2D eigenvalue weighted by molar-refractivity contribution is 14.1. The van der Waals surface area contributed by atoms with Gasteiger partial charge in [-0.2, -0.15) is 0 Å². The molecule has 1 aliphatic heterocycles. The normalized spacial score (nSPS) is 17.7. The van der Waals surface area contributed by atoms with Crippen molar-refractivity contribution in [3.8, 4) is 11.5 Å². The lowest BCUT2D eigenvalue weighted by Crippen LogP contribution is -3.00. The fourth-order valence-corrected chi connectivity index (χ4v) is 3.39. The molecule has 1 aromatic carbocycles. The third kappa shape index (κ3) is 2.86. The maximum Gasteiger partial charge on any atom is 0.184 e. The first-order valence-corrected chi connectivity index (χ1v) is 7.09. The minimum atomic E-state index is 0. The van der Waals surface area contributed by atoms with E-state index in [9.17, 15) is 0 Å². The summed E-state index contributed by atoms with van der Waals surface area (Å²) in [6.07, 6.45) is 1.02. The van der Waals surface area contributed by atoms with Crippen molar-refractivity contribution in [2.75, 3.05) is 21.3 Å². The van der Waals surface area contributed by atoms with Gasteiger partial charge in [0.25, 0.3) is 0 Å². The Bertz CT molecular complexity index is 527. The van der Waals surface area contributed by atoms with Gasteiger partial charge in [-0.05, 0) is 41.1 Å². The van der Waals surface area contributed by atoms with Gasteiger partial charge in [0.1, 0.15) is 18.5 Å². The molecule has 3 nitrogen and oxygen atoms in total. The topological polar surface area (TPSA) is 21.5 Å².